The first kappa shape index (κ1) is 10.8. The molecule has 0 bridgehead atoms. The minimum Gasteiger partial charge on any atom is -0.454 e. The van der Waals surface area contributed by atoms with Gasteiger partial charge in [0.15, 0.2) is 4.67 Å². The minimum atomic E-state index is 0.0568. The zero-order valence-corrected chi connectivity index (χ0v) is 9.41. The molecule has 3 nitrogen and oxygen atoms in total. The van der Waals surface area contributed by atoms with E-state index in [0.717, 1.165) is 12.3 Å². The number of hydrogen-bond donors (Lipinski definition) is 1. The van der Waals surface area contributed by atoms with Crippen LogP contribution in [0.4, 0.5) is 0 Å². The third kappa shape index (κ3) is 3.14. The Morgan fingerprint density at radius 3 is 2.62 bits per heavy atom. The average Bonchev–Trinajstić information content (AvgIpc) is 2.47. The van der Waals surface area contributed by atoms with Gasteiger partial charge in [-0.3, -0.25) is 0 Å². The minimum absolute atomic E-state index is 0.0568. The lowest BCUT2D eigenvalue weighted by Crippen LogP contribution is -2.22. The molecule has 0 saturated heterocycles. The molecule has 0 radical (unpaired) electrons. The van der Waals surface area contributed by atoms with E-state index < -0.39 is 0 Å². The number of rotatable bonds is 4. The van der Waals surface area contributed by atoms with Crippen molar-refractivity contribution in [3.8, 4) is 0 Å². The molecule has 1 heterocycles. The fourth-order valence-corrected chi connectivity index (χ4v) is 1.55. The summed E-state index contributed by atoms with van der Waals surface area (Å²) in [7, 11) is 3.95. The molecule has 1 aromatic rings. The molecular formula is C9H14BrNO2. The summed E-state index contributed by atoms with van der Waals surface area (Å²) in [5.41, 5.74) is 0. The summed E-state index contributed by atoms with van der Waals surface area (Å²) >= 11 is 3.23. The molecule has 1 unspecified atom stereocenters. The van der Waals surface area contributed by atoms with E-state index in [4.69, 9.17) is 9.52 Å². The van der Waals surface area contributed by atoms with E-state index >= 15 is 0 Å². The van der Waals surface area contributed by atoms with Crippen molar-refractivity contribution in [1.29, 1.82) is 0 Å². The van der Waals surface area contributed by atoms with Crippen LogP contribution >= 0.6 is 15.9 Å². The third-order valence-electron chi connectivity index (χ3n) is 1.80. The zero-order chi connectivity index (χ0) is 9.84. The number of furan rings is 1. The maximum Gasteiger partial charge on any atom is 0.169 e. The van der Waals surface area contributed by atoms with Gasteiger partial charge in [0.2, 0.25) is 0 Å². The van der Waals surface area contributed by atoms with Crippen LogP contribution in [0.5, 0.6) is 0 Å². The van der Waals surface area contributed by atoms with Crippen molar-refractivity contribution in [1.82, 2.24) is 4.90 Å². The molecule has 0 aliphatic carbocycles. The van der Waals surface area contributed by atoms with Crippen LogP contribution in [0.25, 0.3) is 0 Å². The van der Waals surface area contributed by atoms with Gasteiger partial charge in [0, 0.05) is 6.54 Å². The quantitative estimate of drug-likeness (QED) is 0.880. The van der Waals surface area contributed by atoms with Gasteiger partial charge in [-0.25, -0.2) is 0 Å². The smallest absolute Gasteiger partial charge is 0.169 e. The molecule has 1 atom stereocenters. The Balaban J connectivity index is 2.66. The molecule has 1 rings (SSSR count). The van der Waals surface area contributed by atoms with Crippen LogP contribution in [0, 0.1) is 0 Å². The molecule has 4 heteroatoms. The molecule has 74 valence electrons. The summed E-state index contributed by atoms with van der Waals surface area (Å²) in [5.74, 6) is 0.879. The molecule has 0 amide bonds. The largest absolute Gasteiger partial charge is 0.454 e. The van der Waals surface area contributed by atoms with Crippen molar-refractivity contribution >= 4 is 15.9 Å². The van der Waals surface area contributed by atoms with Gasteiger partial charge in [0.25, 0.3) is 0 Å². The van der Waals surface area contributed by atoms with Gasteiger partial charge in [-0.1, -0.05) is 0 Å². The van der Waals surface area contributed by atoms with E-state index in [1.165, 1.54) is 0 Å². The number of likely N-dealkylation sites (N-methyl/N-ethyl adjacent to an activating group) is 1. The summed E-state index contributed by atoms with van der Waals surface area (Å²) in [4.78, 5) is 2.03. The first-order valence-electron chi connectivity index (χ1n) is 4.14. The summed E-state index contributed by atoms with van der Waals surface area (Å²) in [5, 5.41) is 9.14. The van der Waals surface area contributed by atoms with E-state index in [-0.39, 0.29) is 12.5 Å². The number of hydrogen-bond acceptors (Lipinski definition) is 3. The molecule has 0 aliphatic heterocycles. The van der Waals surface area contributed by atoms with Gasteiger partial charge in [-0.15, -0.1) is 0 Å². The SMILES string of the molecule is CN(C)CC(CO)c1ccc(Br)o1. The first-order valence-corrected chi connectivity index (χ1v) is 4.93. The first-order chi connectivity index (χ1) is 6.13. The van der Waals surface area contributed by atoms with Crippen LogP contribution in [0.15, 0.2) is 21.2 Å². The van der Waals surface area contributed by atoms with Crippen molar-refractivity contribution in [2.24, 2.45) is 0 Å². The van der Waals surface area contributed by atoms with Crippen molar-refractivity contribution < 1.29 is 9.52 Å². The summed E-state index contributed by atoms with van der Waals surface area (Å²) in [6.45, 7) is 0.897. The van der Waals surface area contributed by atoms with Crippen molar-refractivity contribution in [3.05, 3.63) is 22.6 Å². The maximum atomic E-state index is 9.14. The van der Waals surface area contributed by atoms with E-state index in [2.05, 4.69) is 15.9 Å². The standard InChI is InChI=1S/C9H14BrNO2/c1-11(2)5-7(6-12)8-3-4-9(10)13-8/h3-4,7,12H,5-6H2,1-2H3. The lowest BCUT2D eigenvalue weighted by molar-refractivity contribution is 0.217. The Kier molecular flexibility index (Phi) is 3.96. The highest BCUT2D eigenvalue weighted by molar-refractivity contribution is 9.10. The number of nitrogens with zero attached hydrogens (tertiary/aromatic N) is 1. The van der Waals surface area contributed by atoms with Gasteiger partial charge in [-0.2, -0.15) is 0 Å². The fourth-order valence-electron chi connectivity index (χ4n) is 1.23. The van der Waals surface area contributed by atoms with Crippen LogP contribution in [0.2, 0.25) is 0 Å². The Morgan fingerprint density at radius 1 is 1.54 bits per heavy atom. The summed E-state index contributed by atoms with van der Waals surface area (Å²) in [6.07, 6.45) is 0. The molecule has 1 aromatic heterocycles. The van der Waals surface area contributed by atoms with E-state index in [9.17, 15) is 0 Å². The second kappa shape index (κ2) is 4.79. The monoisotopic (exact) mass is 247 g/mol. The van der Waals surface area contributed by atoms with E-state index in [1.54, 1.807) is 0 Å². The number of aliphatic hydroxyl groups excluding tert-OH is 1. The van der Waals surface area contributed by atoms with Crippen LogP contribution in [0.3, 0.4) is 0 Å². The molecule has 13 heavy (non-hydrogen) atoms. The lowest BCUT2D eigenvalue weighted by Gasteiger charge is -2.16. The Bertz CT molecular complexity index is 260. The van der Waals surface area contributed by atoms with Gasteiger partial charge in [0.05, 0.1) is 12.5 Å². The van der Waals surface area contributed by atoms with Crippen LogP contribution < -0.4 is 0 Å². The predicted molar refractivity (Wildman–Crippen MR) is 54.8 cm³/mol. The highest BCUT2D eigenvalue weighted by atomic mass is 79.9. The summed E-state index contributed by atoms with van der Waals surface area (Å²) < 4.78 is 6.08. The summed E-state index contributed by atoms with van der Waals surface area (Å²) in [6, 6.07) is 3.72. The van der Waals surface area contributed by atoms with Gasteiger partial charge in [0.1, 0.15) is 5.76 Å². The van der Waals surface area contributed by atoms with Crippen LogP contribution in [-0.2, 0) is 0 Å². The highest BCUT2D eigenvalue weighted by Gasteiger charge is 2.14. The molecular weight excluding hydrogens is 234 g/mol. The van der Waals surface area contributed by atoms with Crippen LogP contribution in [-0.4, -0.2) is 37.3 Å². The normalized spacial score (nSPS) is 13.6. The predicted octanol–water partition coefficient (Wildman–Crippen LogP) is 1.68. The molecule has 0 saturated carbocycles. The average molecular weight is 248 g/mol. The van der Waals surface area contributed by atoms with Crippen LogP contribution in [0.1, 0.15) is 11.7 Å². The lowest BCUT2D eigenvalue weighted by atomic mass is 10.1. The topological polar surface area (TPSA) is 36.6 Å². The molecule has 1 N–H and O–H groups in total. The molecule has 0 aliphatic rings. The van der Waals surface area contributed by atoms with E-state index in [0.29, 0.717) is 4.67 Å². The van der Waals surface area contributed by atoms with Crippen molar-refractivity contribution in [2.75, 3.05) is 27.2 Å². The Hall–Kier alpha value is -0.320. The maximum absolute atomic E-state index is 9.14. The Labute approximate surface area is 86.5 Å². The number of aliphatic hydroxyl groups is 1. The second-order valence-electron chi connectivity index (χ2n) is 3.28. The fraction of sp³-hybridized carbons (Fsp3) is 0.556. The van der Waals surface area contributed by atoms with Crippen molar-refractivity contribution in [2.45, 2.75) is 5.92 Å². The number of halogens is 1. The Morgan fingerprint density at radius 2 is 2.23 bits per heavy atom. The van der Waals surface area contributed by atoms with Crippen molar-refractivity contribution in [3.63, 3.8) is 0 Å². The van der Waals surface area contributed by atoms with E-state index in [1.807, 2.05) is 31.1 Å². The second-order valence-corrected chi connectivity index (χ2v) is 4.07. The molecule has 0 fully saturated rings. The van der Waals surface area contributed by atoms with Gasteiger partial charge in [-0.05, 0) is 42.2 Å². The molecule has 0 spiro atoms. The van der Waals surface area contributed by atoms with Gasteiger partial charge < -0.3 is 14.4 Å². The van der Waals surface area contributed by atoms with Gasteiger partial charge >= 0.3 is 0 Å². The third-order valence-corrected chi connectivity index (χ3v) is 2.23. The highest BCUT2D eigenvalue weighted by Crippen LogP contribution is 2.22. The molecule has 0 aromatic carbocycles. The zero-order valence-electron chi connectivity index (χ0n) is 7.83.